The molecular weight excluding hydrogens is 246 g/mol. The lowest BCUT2D eigenvalue weighted by atomic mass is 10.1. The van der Waals surface area contributed by atoms with Crippen molar-refractivity contribution in [2.24, 2.45) is 5.73 Å². The number of nitrogens with two attached hydrogens (primary N) is 1. The van der Waals surface area contributed by atoms with Gasteiger partial charge in [0.1, 0.15) is 6.04 Å². The summed E-state index contributed by atoms with van der Waals surface area (Å²) < 4.78 is 0. The van der Waals surface area contributed by atoms with Crippen molar-refractivity contribution in [1.29, 1.82) is 0 Å². The van der Waals surface area contributed by atoms with E-state index < -0.39 is 12.0 Å². The smallest absolute Gasteiger partial charge is 0.320 e. The van der Waals surface area contributed by atoms with Gasteiger partial charge in [-0.25, -0.2) is 0 Å². The van der Waals surface area contributed by atoms with Gasteiger partial charge in [0.05, 0.1) is 5.69 Å². The van der Waals surface area contributed by atoms with E-state index in [1.807, 2.05) is 32.0 Å². The predicted octanol–water partition coefficient (Wildman–Crippen LogP) is 0.939. The van der Waals surface area contributed by atoms with Gasteiger partial charge in [0, 0.05) is 6.42 Å². The van der Waals surface area contributed by atoms with Crippen LogP contribution in [0.4, 0.5) is 5.69 Å². The van der Waals surface area contributed by atoms with Crippen molar-refractivity contribution in [3.63, 3.8) is 0 Å². The van der Waals surface area contributed by atoms with E-state index in [-0.39, 0.29) is 18.7 Å². The monoisotopic (exact) mass is 265 g/mol. The van der Waals surface area contributed by atoms with Crippen LogP contribution in [0.15, 0.2) is 18.2 Å². The number of aliphatic carboxylic acids is 1. The van der Waals surface area contributed by atoms with Gasteiger partial charge in [0.25, 0.3) is 0 Å². The Kier molecular flexibility index (Phi) is 5.32. The average Bonchev–Trinajstić information content (AvgIpc) is 2.34. The number of aryl methyl sites for hydroxylation is 2. The maximum absolute atomic E-state index is 11.5. The van der Waals surface area contributed by atoms with E-state index in [1.165, 1.54) is 0 Å². The van der Waals surface area contributed by atoms with Crippen molar-refractivity contribution in [1.82, 2.24) is 5.43 Å². The average molecular weight is 265 g/mol. The Morgan fingerprint density at radius 1 is 1.37 bits per heavy atom. The van der Waals surface area contributed by atoms with Gasteiger partial charge in [-0.05, 0) is 31.9 Å². The number of amides is 1. The summed E-state index contributed by atoms with van der Waals surface area (Å²) in [6.45, 7) is 3.92. The van der Waals surface area contributed by atoms with Gasteiger partial charge in [0.2, 0.25) is 5.91 Å². The fourth-order valence-corrected chi connectivity index (χ4v) is 1.56. The third-order valence-corrected chi connectivity index (χ3v) is 2.72. The largest absolute Gasteiger partial charge is 0.480 e. The van der Waals surface area contributed by atoms with Gasteiger partial charge in [-0.15, -0.1) is 0 Å². The molecule has 6 nitrogen and oxygen atoms in total. The highest BCUT2D eigenvalue weighted by Gasteiger charge is 2.13. The molecule has 104 valence electrons. The molecule has 0 unspecified atom stereocenters. The van der Waals surface area contributed by atoms with Gasteiger partial charge in [-0.1, -0.05) is 17.7 Å². The van der Waals surface area contributed by atoms with Crippen LogP contribution >= 0.6 is 0 Å². The second-order valence-electron chi connectivity index (χ2n) is 4.47. The summed E-state index contributed by atoms with van der Waals surface area (Å²) in [5.74, 6) is -1.40. The number of hydrogen-bond acceptors (Lipinski definition) is 4. The Bertz CT molecular complexity index is 474. The molecule has 6 heteroatoms. The van der Waals surface area contributed by atoms with Crippen molar-refractivity contribution in [3.8, 4) is 0 Å². The number of anilines is 1. The highest BCUT2D eigenvalue weighted by atomic mass is 16.4. The first-order valence-electron chi connectivity index (χ1n) is 6.00. The zero-order valence-corrected chi connectivity index (χ0v) is 11.1. The van der Waals surface area contributed by atoms with Crippen LogP contribution in [0.5, 0.6) is 0 Å². The van der Waals surface area contributed by atoms with Gasteiger partial charge in [-0.3, -0.25) is 20.4 Å². The topological polar surface area (TPSA) is 104 Å². The fraction of sp³-hybridized carbons (Fsp3) is 0.385. The molecule has 0 radical (unpaired) electrons. The molecule has 0 spiro atoms. The van der Waals surface area contributed by atoms with Crippen LogP contribution in [0.2, 0.25) is 0 Å². The Hall–Kier alpha value is -2.08. The first-order chi connectivity index (χ1) is 8.90. The van der Waals surface area contributed by atoms with E-state index in [4.69, 9.17) is 10.8 Å². The number of carbonyl (C=O) groups excluding carboxylic acids is 1. The van der Waals surface area contributed by atoms with Crippen molar-refractivity contribution in [2.75, 3.05) is 5.43 Å². The number of rotatable bonds is 6. The molecule has 0 aliphatic carbocycles. The normalized spacial score (nSPS) is 11.7. The highest BCUT2D eigenvalue weighted by molar-refractivity contribution is 5.79. The minimum atomic E-state index is -1.10. The second kappa shape index (κ2) is 6.75. The van der Waals surface area contributed by atoms with Crippen LogP contribution in [0.3, 0.4) is 0 Å². The molecular formula is C13H19N3O3. The van der Waals surface area contributed by atoms with Gasteiger partial charge < -0.3 is 10.8 Å². The Morgan fingerprint density at radius 2 is 2.05 bits per heavy atom. The lowest BCUT2D eigenvalue weighted by Gasteiger charge is -2.12. The quantitative estimate of drug-likeness (QED) is 0.573. The predicted molar refractivity (Wildman–Crippen MR) is 72.5 cm³/mol. The molecule has 0 heterocycles. The Balaban J connectivity index is 2.40. The summed E-state index contributed by atoms with van der Waals surface area (Å²) in [6, 6.07) is 4.79. The minimum Gasteiger partial charge on any atom is -0.480 e. The number of hydrogen-bond donors (Lipinski definition) is 4. The SMILES string of the molecule is Cc1ccc(NNC(=O)CC[C@H](N)C(=O)O)c(C)c1. The number of carboxylic acid groups (broad SMARTS) is 1. The number of carbonyl (C=O) groups is 2. The molecule has 0 saturated heterocycles. The van der Waals surface area contributed by atoms with Gasteiger partial charge >= 0.3 is 5.97 Å². The van der Waals surface area contributed by atoms with Crippen molar-refractivity contribution >= 4 is 17.6 Å². The van der Waals surface area contributed by atoms with Crippen LogP contribution in [-0.2, 0) is 9.59 Å². The molecule has 0 aliphatic rings. The molecule has 1 amide bonds. The maximum atomic E-state index is 11.5. The Labute approximate surface area is 112 Å². The zero-order valence-electron chi connectivity index (χ0n) is 11.1. The van der Waals surface area contributed by atoms with Gasteiger partial charge in [-0.2, -0.15) is 0 Å². The summed E-state index contributed by atoms with van der Waals surface area (Å²) >= 11 is 0. The van der Waals surface area contributed by atoms with E-state index in [0.29, 0.717) is 0 Å². The molecule has 1 aromatic rings. The first-order valence-corrected chi connectivity index (χ1v) is 6.00. The molecule has 5 N–H and O–H groups in total. The summed E-state index contributed by atoms with van der Waals surface area (Å²) in [6.07, 6.45) is 0.168. The molecule has 0 saturated carbocycles. The highest BCUT2D eigenvalue weighted by Crippen LogP contribution is 2.14. The summed E-state index contributed by atoms with van der Waals surface area (Å²) in [4.78, 5) is 22.0. The summed E-state index contributed by atoms with van der Waals surface area (Å²) in [7, 11) is 0. The van der Waals surface area contributed by atoms with Crippen LogP contribution in [0.25, 0.3) is 0 Å². The molecule has 1 atom stereocenters. The zero-order chi connectivity index (χ0) is 14.4. The Morgan fingerprint density at radius 3 is 2.63 bits per heavy atom. The third-order valence-electron chi connectivity index (χ3n) is 2.72. The van der Waals surface area contributed by atoms with Crippen LogP contribution in [0.1, 0.15) is 24.0 Å². The molecule has 0 aromatic heterocycles. The van der Waals surface area contributed by atoms with Crippen LogP contribution < -0.4 is 16.6 Å². The molecule has 19 heavy (non-hydrogen) atoms. The van der Waals surface area contributed by atoms with Crippen LogP contribution in [0, 0.1) is 13.8 Å². The van der Waals surface area contributed by atoms with Gasteiger partial charge in [0.15, 0.2) is 0 Å². The standard InChI is InChI=1S/C13H19N3O3/c1-8-3-5-11(9(2)7-8)15-16-12(17)6-4-10(14)13(18)19/h3,5,7,10,15H,4,6,14H2,1-2H3,(H,16,17)(H,18,19)/t10-/m0/s1. The van der Waals surface area contributed by atoms with E-state index in [0.717, 1.165) is 16.8 Å². The second-order valence-corrected chi connectivity index (χ2v) is 4.47. The van der Waals surface area contributed by atoms with Crippen molar-refractivity contribution in [2.45, 2.75) is 32.7 Å². The fourth-order valence-electron chi connectivity index (χ4n) is 1.56. The number of carboxylic acids is 1. The summed E-state index contributed by atoms with van der Waals surface area (Å²) in [5, 5.41) is 8.59. The number of benzene rings is 1. The van der Waals surface area contributed by atoms with E-state index in [2.05, 4.69) is 10.9 Å². The molecule has 0 fully saturated rings. The lowest BCUT2D eigenvalue weighted by molar-refractivity contribution is -0.138. The molecule has 0 bridgehead atoms. The van der Waals surface area contributed by atoms with E-state index in [1.54, 1.807) is 0 Å². The molecule has 1 aromatic carbocycles. The number of nitrogens with one attached hydrogen (secondary N) is 2. The number of hydrazine groups is 1. The van der Waals surface area contributed by atoms with E-state index >= 15 is 0 Å². The summed E-state index contributed by atoms with van der Waals surface area (Å²) in [5.41, 5.74) is 13.6. The van der Waals surface area contributed by atoms with E-state index in [9.17, 15) is 9.59 Å². The molecule has 1 rings (SSSR count). The molecule has 0 aliphatic heterocycles. The van der Waals surface area contributed by atoms with Crippen molar-refractivity contribution in [3.05, 3.63) is 29.3 Å². The third kappa shape index (κ3) is 4.97. The van der Waals surface area contributed by atoms with Crippen molar-refractivity contribution < 1.29 is 14.7 Å². The maximum Gasteiger partial charge on any atom is 0.320 e. The van der Waals surface area contributed by atoms with Crippen LogP contribution in [-0.4, -0.2) is 23.0 Å². The first kappa shape index (κ1) is 15.0. The minimum absolute atomic E-state index is 0.0609. The lowest BCUT2D eigenvalue weighted by Crippen LogP contribution is -2.34.